The van der Waals surface area contributed by atoms with Crippen molar-refractivity contribution in [3.05, 3.63) is 30.1 Å². The van der Waals surface area contributed by atoms with Gasteiger partial charge in [0, 0.05) is 31.9 Å². The molecule has 0 spiro atoms. The average molecular weight is 279 g/mol. The number of rotatable bonds is 4. The van der Waals surface area contributed by atoms with Crippen molar-refractivity contribution in [1.29, 1.82) is 0 Å². The lowest BCUT2D eigenvalue weighted by molar-refractivity contribution is -0.141. The Hall–Kier alpha value is -2.15. The van der Waals surface area contributed by atoms with Crippen LogP contribution in [-0.2, 0) is 11.2 Å². The topological polar surface area (TPSA) is 103 Å². The molecule has 3 N–H and O–H groups in total. The summed E-state index contributed by atoms with van der Waals surface area (Å²) in [5.41, 5.74) is 0.990. The smallest absolute Gasteiger partial charge is 0.326 e. The fraction of sp³-hybridized carbons (Fsp3) is 0.462. The van der Waals surface area contributed by atoms with Crippen LogP contribution in [0.2, 0.25) is 0 Å². The predicted octanol–water partition coefficient (Wildman–Crippen LogP) is -0.146. The minimum atomic E-state index is -1.09. The second kappa shape index (κ2) is 6.33. The number of nitrogens with zero attached hydrogens (tertiary/aromatic N) is 2. The minimum Gasteiger partial charge on any atom is -0.480 e. The zero-order chi connectivity index (χ0) is 14.5. The van der Waals surface area contributed by atoms with Crippen LogP contribution in [0.5, 0.6) is 0 Å². The molecule has 1 aliphatic rings. The summed E-state index contributed by atoms with van der Waals surface area (Å²) in [6.07, 6.45) is 3.30. The largest absolute Gasteiger partial charge is 0.480 e. The van der Waals surface area contributed by atoms with Crippen LogP contribution in [-0.4, -0.2) is 57.3 Å². The molecule has 1 aromatic heterocycles. The van der Waals surface area contributed by atoms with Crippen LogP contribution in [0.1, 0.15) is 12.0 Å². The number of nitrogens with one attached hydrogen (secondary N) is 1. The Morgan fingerprint density at radius 3 is 2.95 bits per heavy atom. The van der Waals surface area contributed by atoms with Crippen LogP contribution < -0.4 is 5.32 Å². The molecule has 2 amide bonds. The van der Waals surface area contributed by atoms with Crippen molar-refractivity contribution < 1.29 is 19.8 Å². The molecule has 0 saturated carbocycles. The molecule has 2 heterocycles. The molecule has 20 heavy (non-hydrogen) atoms. The fourth-order valence-corrected chi connectivity index (χ4v) is 2.23. The van der Waals surface area contributed by atoms with E-state index in [1.807, 2.05) is 12.1 Å². The van der Waals surface area contributed by atoms with Gasteiger partial charge in [-0.1, -0.05) is 6.07 Å². The molecule has 1 saturated heterocycles. The van der Waals surface area contributed by atoms with Gasteiger partial charge in [-0.3, -0.25) is 4.98 Å². The maximum Gasteiger partial charge on any atom is 0.326 e. The molecule has 2 atom stereocenters. The van der Waals surface area contributed by atoms with Gasteiger partial charge in [0.05, 0.1) is 6.10 Å². The molecule has 0 aliphatic carbocycles. The van der Waals surface area contributed by atoms with Gasteiger partial charge in [-0.05, 0) is 18.1 Å². The number of aliphatic carboxylic acids is 1. The van der Waals surface area contributed by atoms with Gasteiger partial charge < -0.3 is 20.4 Å². The number of carboxylic acids is 1. The van der Waals surface area contributed by atoms with E-state index in [1.165, 1.54) is 0 Å². The van der Waals surface area contributed by atoms with Crippen LogP contribution in [0.15, 0.2) is 24.5 Å². The number of urea groups is 1. The number of carbonyl (C=O) groups excluding carboxylic acids is 1. The van der Waals surface area contributed by atoms with Crippen molar-refractivity contribution in [2.45, 2.75) is 25.0 Å². The fourth-order valence-electron chi connectivity index (χ4n) is 2.23. The van der Waals surface area contributed by atoms with E-state index in [-0.39, 0.29) is 13.0 Å². The summed E-state index contributed by atoms with van der Waals surface area (Å²) in [7, 11) is 0. The molecular formula is C13H17N3O4. The van der Waals surface area contributed by atoms with Crippen LogP contribution in [0.4, 0.5) is 4.79 Å². The molecule has 108 valence electrons. The normalized spacial score (nSPS) is 21.8. The summed E-state index contributed by atoms with van der Waals surface area (Å²) in [5.74, 6) is -1.09. The van der Waals surface area contributed by atoms with Crippen LogP contribution in [0.3, 0.4) is 0 Å². The first-order chi connectivity index (χ1) is 9.58. The van der Waals surface area contributed by atoms with E-state index in [2.05, 4.69) is 10.3 Å². The number of aromatic nitrogens is 1. The first-order valence-corrected chi connectivity index (χ1v) is 6.42. The first kappa shape index (κ1) is 14.3. The third-order valence-electron chi connectivity index (χ3n) is 3.24. The zero-order valence-electron chi connectivity index (χ0n) is 10.9. The van der Waals surface area contributed by atoms with Crippen molar-refractivity contribution >= 4 is 12.0 Å². The van der Waals surface area contributed by atoms with Gasteiger partial charge in [0.15, 0.2) is 0 Å². The van der Waals surface area contributed by atoms with Crippen LogP contribution >= 0.6 is 0 Å². The molecule has 1 aromatic rings. The maximum absolute atomic E-state index is 11.9. The van der Waals surface area contributed by atoms with E-state index in [1.54, 1.807) is 12.4 Å². The average Bonchev–Trinajstić information content (AvgIpc) is 2.82. The van der Waals surface area contributed by atoms with Crippen molar-refractivity contribution in [2.24, 2.45) is 0 Å². The summed E-state index contributed by atoms with van der Waals surface area (Å²) in [6, 6.07) is 2.30. The number of pyridine rings is 1. The Bertz CT molecular complexity index is 480. The molecule has 0 unspecified atom stereocenters. The molecule has 1 aliphatic heterocycles. The van der Waals surface area contributed by atoms with Crippen molar-refractivity contribution in [1.82, 2.24) is 15.2 Å². The third-order valence-corrected chi connectivity index (χ3v) is 3.24. The maximum atomic E-state index is 11.9. The van der Waals surface area contributed by atoms with E-state index in [4.69, 9.17) is 5.11 Å². The van der Waals surface area contributed by atoms with Gasteiger partial charge in [-0.15, -0.1) is 0 Å². The summed E-state index contributed by atoms with van der Waals surface area (Å²) >= 11 is 0. The zero-order valence-corrected chi connectivity index (χ0v) is 10.9. The van der Waals surface area contributed by atoms with E-state index in [9.17, 15) is 14.7 Å². The molecular weight excluding hydrogens is 262 g/mol. The van der Waals surface area contributed by atoms with Crippen LogP contribution in [0.25, 0.3) is 0 Å². The number of carboxylic acid groups (broad SMARTS) is 1. The van der Waals surface area contributed by atoms with Gasteiger partial charge in [0.1, 0.15) is 6.04 Å². The second-order valence-electron chi connectivity index (χ2n) is 4.74. The molecule has 2 rings (SSSR count). The van der Waals surface area contributed by atoms with Gasteiger partial charge in [-0.25, -0.2) is 9.59 Å². The number of carbonyl (C=O) groups is 2. The summed E-state index contributed by atoms with van der Waals surface area (Å²) in [5, 5.41) is 21.2. The van der Waals surface area contributed by atoms with Gasteiger partial charge >= 0.3 is 12.0 Å². The van der Waals surface area contributed by atoms with E-state index >= 15 is 0 Å². The van der Waals surface area contributed by atoms with E-state index in [0.717, 1.165) is 10.5 Å². The molecule has 0 aromatic carbocycles. The second-order valence-corrected chi connectivity index (χ2v) is 4.74. The first-order valence-electron chi connectivity index (χ1n) is 6.42. The Labute approximate surface area is 116 Å². The lowest BCUT2D eigenvalue weighted by Crippen LogP contribution is -2.46. The predicted molar refractivity (Wildman–Crippen MR) is 70.1 cm³/mol. The highest BCUT2D eigenvalue weighted by Gasteiger charge is 2.38. The highest BCUT2D eigenvalue weighted by Crippen LogP contribution is 2.18. The van der Waals surface area contributed by atoms with Crippen LogP contribution in [0, 0.1) is 0 Å². The quantitative estimate of drug-likeness (QED) is 0.711. The van der Waals surface area contributed by atoms with Crippen molar-refractivity contribution in [3.63, 3.8) is 0 Å². The summed E-state index contributed by atoms with van der Waals surface area (Å²) in [6.45, 7) is 0.444. The van der Waals surface area contributed by atoms with Gasteiger partial charge in [-0.2, -0.15) is 0 Å². The number of aliphatic hydroxyl groups is 1. The number of hydrogen-bond donors (Lipinski definition) is 3. The Balaban J connectivity index is 1.84. The number of amides is 2. The molecule has 7 heteroatoms. The molecule has 0 radical (unpaired) electrons. The summed E-state index contributed by atoms with van der Waals surface area (Å²) in [4.78, 5) is 28.1. The molecule has 0 bridgehead atoms. The highest BCUT2D eigenvalue weighted by atomic mass is 16.4. The van der Waals surface area contributed by atoms with E-state index < -0.39 is 24.1 Å². The van der Waals surface area contributed by atoms with E-state index in [0.29, 0.717) is 13.0 Å². The Morgan fingerprint density at radius 1 is 1.50 bits per heavy atom. The SMILES string of the molecule is O=C(O)[C@@H]1C[C@H](O)CN1C(=O)NCCc1cccnc1. The minimum absolute atomic E-state index is 0.0513. The lowest BCUT2D eigenvalue weighted by Gasteiger charge is -2.21. The molecule has 1 fully saturated rings. The third kappa shape index (κ3) is 3.45. The van der Waals surface area contributed by atoms with Gasteiger partial charge in [0.25, 0.3) is 0 Å². The number of likely N-dealkylation sites (tertiary alicyclic amines) is 1. The number of aliphatic hydroxyl groups excluding tert-OH is 1. The standard InChI is InChI=1S/C13H17N3O4/c17-10-6-11(12(18)19)16(8-10)13(20)15-5-3-9-2-1-4-14-7-9/h1-2,4,7,10-11,17H,3,5-6,8H2,(H,15,20)(H,18,19)/t10-,11-/m0/s1. The highest BCUT2D eigenvalue weighted by molar-refractivity contribution is 5.83. The number of hydrogen-bond acceptors (Lipinski definition) is 4. The van der Waals surface area contributed by atoms with Gasteiger partial charge in [0.2, 0.25) is 0 Å². The molecule has 7 nitrogen and oxygen atoms in total. The summed E-state index contributed by atoms with van der Waals surface area (Å²) < 4.78 is 0. The van der Waals surface area contributed by atoms with Crippen molar-refractivity contribution in [3.8, 4) is 0 Å². The Morgan fingerprint density at radius 2 is 2.30 bits per heavy atom. The Kier molecular flexibility index (Phi) is 4.52. The lowest BCUT2D eigenvalue weighted by atomic mass is 10.2. The number of β-amino-alcohol motifs (C(OH)–C–C–N with tert-alkyl or cyclic N) is 1. The monoisotopic (exact) mass is 279 g/mol. The van der Waals surface area contributed by atoms with Crippen molar-refractivity contribution in [2.75, 3.05) is 13.1 Å².